The number of nitrogens with zero attached hydrogens (tertiary/aromatic N) is 3. The fourth-order valence-electron chi connectivity index (χ4n) is 4.35. The SMILES string of the molecule is CCC(c1nc2ccccc2c(=O)n1-c1ccc(C)cc1C)N(C)C(=O)Nc1ccccc1C. The normalized spacial score (nSPS) is 11.9. The Bertz CT molecular complexity index is 1420. The number of hydrogen-bond donors (Lipinski definition) is 1. The zero-order valence-electron chi connectivity index (χ0n) is 20.3. The van der Waals surface area contributed by atoms with Gasteiger partial charge in [-0.1, -0.05) is 55.0 Å². The van der Waals surface area contributed by atoms with Gasteiger partial charge in [0.05, 0.1) is 22.6 Å². The van der Waals surface area contributed by atoms with E-state index in [1.54, 1.807) is 22.6 Å². The van der Waals surface area contributed by atoms with Gasteiger partial charge in [-0.3, -0.25) is 9.36 Å². The molecule has 0 aliphatic rings. The first kappa shape index (κ1) is 23.2. The summed E-state index contributed by atoms with van der Waals surface area (Å²) in [4.78, 5) is 33.5. The first-order valence-corrected chi connectivity index (χ1v) is 11.5. The lowest BCUT2D eigenvalue weighted by Gasteiger charge is -2.29. The molecule has 4 aromatic rings. The first-order chi connectivity index (χ1) is 16.3. The van der Waals surface area contributed by atoms with Gasteiger partial charge in [-0.15, -0.1) is 0 Å². The van der Waals surface area contributed by atoms with Crippen molar-refractivity contribution in [2.24, 2.45) is 0 Å². The summed E-state index contributed by atoms with van der Waals surface area (Å²) < 4.78 is 1.67. The predicted octanol–water partition coefficient (Wildman–Crippen LogP) is 5.93. The second-order valence-electron chi connectivity index (χ2n) is 8.70. The summed E-state index contributed by atoms with van der Waals surface area (Å²) in [6.07, 6.45) is 0.591. The largest absolute Gasteiger partial charge is 0.322 e. The van der Waals surface area contributed by atoms with Crippen molar-refractivity contribution in [2.45, 2.75) is 40.2 Å². The molecular weight excluding hydrogens is 424 g/mol. The van der Waals surface area contributed by atoms with Crippen LogP contribution in [0.25, 0.3) is 16.6 Å². The van der Waals surface area contributed by atoms with Gasteiger partial charge in [0, 0.05) is 12.7 Å². The highest BCUT2D eigenvalue weighted by Gasteiger charge is 2.27. The fourth-order valence-corrected chi connectivity index (χ4v) is 4.35. The van der Waals surface area contributed by atoms with Crippen LogP contribution in [0.15, 0.2) is 71.5 Å². The first-order valence-electron chi connectivity index (χ1n) is 11.5. The van der Waals surface area contributed by atoms with Gasteiger partial charge in [-0.2, -0.15) is 0 Å². The summed E-state index contributed by atoms with van der Waals surface area (Å²) in [5, 5.41) is 3.55. The number of para-hydroxylation sites is 2. The maximum absolute atomic E-state index is 13.7. The molecule has 1 N–H and O–H groups in total. The molecule has 0 aliphatic heterocycles. The molecule has 0 aliphatic carbocycles. The molecule has 0 radical (unpaired) electrons. The van der Waals surface area contributed by atoms with Crippen LogP contribution in [0.4, 0.5) is 10.5 Å². The van der Waals surface area contributed by atoms with Crippen molar-refractivity contribution >= 4 is 22.6 Å². The van der Waals surface area contributed by atoms with Crippen LogP contribution >= 0.6 is 0 Å². The topological polar surface area (TPSA) is 67.2 Å². The molecule has 0 saturated carbocycles. The summed E-state index contributed by atoms with van der Waals surface area (Å²) in [5.74, 6) is 0.542. The summed E-state index contributed by atoms with van der Waals surface area (Å²) in [6.45, 7) is 7.96. The third kappa shape index (κ3) is 4.31. The Hall–Kier alpha value is -3.93. The standard InChI is InChI=1S/C28H30N4O2/c1-6-24(31(5)28(34)30-22-13-9-7-11-19(22)3)26-29-23-14-10-8-12-21(23)27(33)32(26)25-16-15-18(2)17-20(25)4/h7-17,24H,6H2,1-5H3,(H,30,34). The number of amides is 2. The Balaban J connectivity index is 1.86. The number of benzene rings is 3. The van der Waals surface area contributed by atoms with E-state index in [1.165, 1.54) is 0 Å². The molecule has 0 fully saturated rings. The molecule has 1 atom stereocenters. The van der Waals surface area contributed by atoms with Crippen LogP contribution in [-0.4, -0.2) is 27.5 Å². The molecule has 4 rings (SSSR count). The van der Waals surface area contributed by atoms with E-state index in [9.17, 15) is 9.59 Å². The number of carbonyl (C=O) groups is 1. The lowest BCUT2D eigenvalue weighted by molar-refractivity contribution is 0.199. The Morgan fingerprint density at radius 2 is 1.71 bits per heavy atom. The van der Waals surface area contributed by atoms with Crippen LogP contribution in [0.2, 0.25) is 0 Å². The number of fused-ring (bicyclic) bond motifs is 1. The average molecular weight is 455 g/mol. The third-order valence-electron chi connectivity index (χ3n) is 6.25. The van der Waals surface area contributed by atoms with Gasteiger partial charge < -0.3 is 10.2 Å². The molecule has 1 unspecified atom stereocenters. The number of aryl methyl sites for hydroxylation is 3. The number of urea groups is 1. The molecule has 0 saturated heterocycles. The monoisotopic (exact) mass is 454 g/mol. The quantitative estimate of drug-likeness (QED) is 0.407. The maximum atomic E-state index is 13.7. The van der Waals surface area contributed by atoms with Crippen molar-refractivity contribution < 1.29 is 4.79 Å². The van der Waals surface area contributed by atoms with Crippen LogP contribution in [0.3, 0.4) is 0 Å². The van der Waals surface area contributed by atoms with Crippen molar-refractivity contribution in [1.82, 2.24) is 14.5 Å². The molecule has 2 amide bonds. The van der Waals surface area contributed by atoms with E-state index < -0.39 is 6.04 Å². The van der Waals surface area contributed by atoms with Crippen LogP contribution < -0.4 is 10.9 Å². The van der Waals surface area contributed by atoms with Gasteiger partial charge >= 0.3 is 6.03 Å². The molecule has 0 bridgehead atoms. The second-order valence-corrected chi connectivity index (χ2v) is 8.70. The molecule has 6 nitrogen and oxygen atoms in total. The van der Waals surface area contributed by atoms with Crippen molar-refractivity contribution in [2.75, 3.05) is 12.4 Å². The van der Waals surface area contributed by atoms with Crippen molar-refractivity contribution in [3.63, 3.8) is 0 Å². The van der Waals surface area contributed by atoms with Crippen molar-refractivity contribution in [1.29, 1.82) is 0 Å². The summed E-state index contributed by atoms with van der Waals surface area (Å²) in [6, 6.07) is 20.3. The van der Waals surface area contributed by atoms with Crippen LogP contribution in [0.5, 0.6) is 0 Å². The summed E-state index contributed by atoms with van der Waals surface area (Å²) in [5.41, 5.74) is 5.08. The fraction of sp³-hybridized carbons (Fsp3) is 0.250. The van der Waals surface area contributed by atoms with Crippen LogP contribution in [0.1, 0.15) is 41.9 Å². The van der Waals surface area contributed by atoms with E-state index in [-0.39, 0.29) is 11.6 Å². The zero-order chi connectivity index (χ0) is 24.4. The van der Waals surface area contributed by atoms with Crippen molar-refractivity contribution in [3.8, 4) is 5.69 Å². The van der Waals surface area contributed by atoms with Crippen LogP contribution in [-0.2, 0) is 0 Å². The van der Waals surface area contributed by atoms with E-state index in [4.69, 9.17) is 4.98 Å². The molecule has 174 valence electrons. The Kier molecular flexibility index (Phi) is 6.50. The van der Waals surface area contributed by atoms with E-state index in [1.807, 2.05) is 82.3 Å². The lowest BCUT2D eigenvalue weighted by atomic mass is 10.1. The average Bonchev–Trinajstić information content (AvgIpc) is 2.82. The molecular formula is C28H30N4O2. The minimum atomic E-state index is -0.415. The Morgan fingerprint density at radius 1 is 1.00 bits per heavy atom. The van der Waals surface area contributed by atoms with E-state index >= 15 is 0 Å². The van der Waals surface area contributed by atoms with Gasteiger partial charge in [0.1, 0.15) is 5.82 Å². The second kappa shape index (κ2) is 9.51. The third-order valence-corrected chi connectivity index (χ3v) is 6.25. The number of anilines is 1. The Labute approximate surface area is 199 Å². The summed E-state index contributed by atoms with van der Waals surface area (Å²) in [7, 11) is 1.75. The number of aromatic nitrogens is 2. The molecule has 0 spiro atoms. The lowest BCUT2D eigenvalue weighted by Crippen LogP contribution is -2.38. The van der Waals surface area contributed by atoms with Gasteiger partial charge in [0.25, 0.3) is 5.56 Å². The van der Waals surface area contributed by atoms with Crippen LogP contribution in [0, 0.1) is 20.8 Å². The van der Waals surface area contributed by atoms with E-state index in [2.05, 4.69) is 11.4 Å². The smallest absolute Gasteiger partial charge is 0.317 e. The van der Waals surface area contributed by atoms with E-state index in [0.29, 0.717) is 23.1 Å². The molecule has 6 heteroatoms. The van der Waals surface area contributed by atoms with Gasteiger partial charge in [0.15, 0.2) is 0 Å². The Morgan fingerprint density at radius 3 is 2.41 bits per heavy atom. The molecule has 1 aromatic heterocycles. The highest BCUT2D eigenvalue weighted by atomic mass is 16.2. The van der Waals surface area contributed by atoms with Gasteiger partial charge in [-0.05, 0) is 62.6 Å². The highest BCUT2D eigenvalue weighted by molar-refractivity contribution is 5.90. The molecule has 1 heterocycles. The number of nitrogens with one attached hydrogen (secondary N) is 1. The predicted molar refractivity (Wildman–Crippen MR) is 138 cm³/mol. The number of rotatable bonds is 5. The maximum Gasteiger partial charge on any atom is 0.322 e. The van der Waals surface area contributed by atoms with Gasteiger partial charge in [-0.25, -0.2) is 9.78 Å². The zero-order valence-corrected chi connectivity index (χ0v) is 20.3. The minimum Gasteiger partial charge on any atom is -0.317 e. The summed E-state index contributed by atoms with van der Waals surface area (Å²) >= 11 is 0. The molecule has 3 aromatic carbocycles. The number of hydrogen-bond acceptors (Lipinski definition) is 3. The number of carbonyl (C=O) groups excluding carboxylic acids is 1. The van der Waals surface area contributed by atoms with E-state index in [0.717, 1.165) is 28.1 Å². The highest BCUT2D eigenvalue weighted by Crippen LogP contribution is 2.27. The minimum absolute atomic E-state index is 0.140. The van der Waals surface area contributed by atoms with Gasteiger partial charge in [0.2, 0.25) is 0 Å². The van der Waals surface area contributed by atoms with Crippen molar-refractivity contribution in [3.05, 3.63) is 99.6 Å². The molecule has 34 heavy (non-hydrogen) atoms.